The Morgan fingerprint density at radius 2 is 1.65 bits per heavy atom. The zero-order chi connectivity index (χ0) is 14.7. The van der Waals surface area contributed by atoms with E-state index in [1.807, 2.05) is 0 Å². The molecule has 2 rings (SSSR count). The first-order valence-corrected chi connectivity index (χ1v) is 6.05. The van der Waals surface area contributed by atoms with E-state index < -0.39 is 11.7 Å². The molecule has 0 heterocycles. The second-order valence-electron chi connectivity index (χ2n) is 4.00. The second kappa shape index (κ2) is 5.66. The maximum absolute atomic E-state index is 13.8. The molecule has 102 valence electrons. The van der Waals surface area contributed by atoms with E-state index in [4.69, 9.17) is 28.4 Å². The van der Waals surface area contributed by atoms with Crippen molar-refractivity contribution in [1.29, 1.82) is 0 Å². The van der Waals surface area contributed by atoms with E-state index in [-0.39, 0.29) is 10.7 Å². The molecule has 0 aliphatic heterocycles. The summed E-state index contributed by atoms with van der Waals surface area (Å²) in [5.74, 6) is -0.688. The summed E-state index contributed by atoms with van der Waals surface area (Å²) < 4.78 is 19.2. The van der Waals surface area contributed by atoms with Crippen LogP contribution in [0.4, 0.5) is 4.39 Å². The van der Waals surface area contributed by atoms with Gasteiger partial charge in [0.05, 0.1) is 0 Å². The van der Waals surface area contributed by atoms with Crippen molar-refractivity contribution in [3.63, 3.8) is 0 Å². The van der Waals surface area contributed by atoms with Crippen LogP contribution in [0.3, 0.4) is 0 Å². The first-order chi connectivity index (χ1) is 9.47. The molecule has 0 atom stereocenters. The van der Waals surface area contributed by atoms with Crippen LogP contribution in [0, 0.1) is 5.82 Å². The number of rotatable bonds is 4. The van der Waals surface area contributed by atoms with Crippen LogP contribution in [0.15, 0.2) is 42.5 Å². The normalized spacial score (nSPS) is 10.1. The summed E-state index contributed by atoms with van der Waals surface area (Å²) in [7, 11) is 0. The van der Waals surface area contributed by atoms with Crippen molar-refractivity contribution >= 4 is 23.1 Å². The standard InChI is InChI=1S/C14H11FN2O2S/c15-11-7-9(14(17)20)3-6-12(11)19-10-4-1-8(2-5-10)13(16)18/h1-7H,(H2,16,18)(H2,17,20). The number of amides is 1. The SMILES string of the molecule is NC(=O)c1ccc(Oc2ccc(C(N)=S)cc2F)cc1. The van der Waals surface area contributed by atoms with Crippen molar-refractivity contribution in [3.05, 3.63) is 59.4 Å². The van der Waals surface area contributed by atoms with Crippen molar-refractivity contribution in [3.8, 4) is 11.5 Å². The molecule has 0 fully saturated rings. The van der Waals surface area contributed by atoms with Crippen molar-refractivity contribution in [2.24, 2.45) is 11.5 Å². The number of nitrogens with two attached hydrogens (primary N) is 2. The number of benzene rings is 2. The number of thiocarbonyl (C=S) groups is 1. The monoisotopic (exact) mass is 290 g/mol. The summed E-state index contributed by atoms with van der Waals surface area (Å²) in [6.45, 7) is 0. The third-order valence-electron chi connectivity index (χ3n) is 2.58. The van der Waals surface area contributed by atoms with Gasteiger partial charge in [-0.25, -0.2) is 4.39 Å². The molecule has 0 saturated heterocycles. The molecular weight excluding hydrogens is 279 g/mol. The van der Waals surface area contributed by atoms with Gasteiger partial charge in [0.15, 0.2) is 11.6 Å². The molecule has 2 aromatic rings. The molecule has 0 saturated carbocycles. The van der Waals surface area contributed by atoms with Crippen molar-refractivity contribution in [1.82, 2.24) is 0 Å². The maximum atomic E-state index is 13.8. The minimum atomic E-state index is -0.575. The predicted molar refractivity (Wildman–Crippen MR) is 77.3 cm³/mol. The van der Waals surface area contributed by atoms with Crippen LogP contribution >= 0.6 is 12.2 Å². The lowest BCUT2D eigenvalue weighted by molar-refractivity contribution is 0.100. The van der Waals surface area contributed by atoms with E-state index in [9.17, 15) is 9.18 Å². The number of carbonyl (C=O) groups excluding carboxylic acids is 1. The van der Waals surface area contributed by atoms with Crippen molar-refractivity contribution in [2.45, 2.75) is 0 Å². The van der Waals surface area contributed by atoms with Gasteiger partial charge in [-0.3, -0.25) is 4.79 Å². The van der Waals surface area contributed by atoms with E-state index in [1.54, 1.807) is 6.07 Å². The fraction of sp³-hybridized carbons (Fsp3) is 0. The number of carbonyl (C=O) groups is 1. The summed E-state index contributed by atoms with van der Waals surface area (Å²) >= 11 is 4.76. The third-order valence-corrected chi connectivity index (χ3v) is 2.82. The second-order valence-corrected chi connectivity index (χ2v) is 4.44. The molecule has 0 bridgehead atoms. The lowest BCUT2D eigenvalue weighted by atomic mass is 10.2. The van der Waals surface area contributed by atoms with E-state index in [1.165, 1.54) is 36.4 Å². The molecular formula is C14H11FN2O2S. The molecule has 0 spiro atoms. The van der Waals surface area contributed by atoms with Gasteiger partial charge in [0, 0.05) is 11.1 Å². The van der Waals surface area contributed by atoms with Gasteiger partial charge in [0.25, 0.3) is 0 Å². The quantitative estimate of drug-likeness (QED) is 0.847. The highest BCUT2D eigenvalue weighted by Gasteiger charge is 2.08. The topological polar surface area (TPSA) is 78.3 Å². The molecule has 0 unspecified atom stereocenters. The summed E-state index contributed by atoms with van der Waals surface area (Å²) in [6, 6.07) is 10.3. The molecule has 0 radical (unpaired) electrons. The molecule has 2 aromatic carbocycles. The van der Waals surface area contributed by atoms with Crippen LogP contribution in [0.2, 0.25) is 0 Å². The van der Waals surface area contributed by atoms with Crippen LogP contribution in [-0.4, -0.2) is 10.9 Å². The van der Waals surface area contributed by atoms with Crippen LogP contribution in [0.25, 0.3) is 0 Å². The zero-order valence-electron chi connectivity index (χ0n) is 10.3. The van der Waals surface area contributed by atoms with E-state index >= 15 is 0 Å². The van der Waals surface area contributed by atoms with Crippen LogP contribution in [0.5, 0.6) is 11.5 Å². The molecule has 4 N–H and O–H groups in total. The van der Waals surface area contributed by atoms with Gasteiger partial charge in [-0.05, 0) is 42.5 Å². The van der Waals surface area contributed by atoms with Gasteiger partial charge in [0.1, 0.15) is 10.7 Å². The Bertz CT molecular complexity index is 671. The van der Waals surface area contributed by atoms with Crippen LogP contribution in [0.1, 0.15) is 15.9 Å². The maximum Gasteiger partial charge on any atom is 0.248 e. The molecule has 20 heavy (non-hydrogen) atoms. The van der Waals surface area contributed by atoms with E-state index in [0.29, 0.717) is 16.9 Å². The third kappa shape index (κ3) is 3.10. The Labute approximate surface area is 120 Å². The largest absolute Gasteiger partial charge is 0.454 e. The average molecular weight is 290 g/mol. The Morgan fingerprint density at radius 1 is 1.05 bits per heavy atom. The van der Waals surface area contributed by atoms with Crippen molar-refractivity contribution in [2.75, 3.05) is 0 Å². The lowest BCUT2D eigenvalue weighted by Gasteiger charge is -2.08. The molecule has 6 heteroatoms. The summed E-state index contributed by atoms with van der Waals surface area (Å²) in [4.78, 5) is 11.0. The van der Waals surface area contributed by atoms with Gasteiger partial charge in [0.2, 0.25) is 5.91 Å². The molecule has 0 aromatic heterocycles. The first kappa shape index (κ1) is 14.0. The minimum absolute atomic E-state index is 0.0387. The lowest BCUT2D eigenvalue weighted by Crippen LogP contribution is -2.10. The van der Waals surface area contributed by atoms with Crippen molar-refractivity contribution < 1.29 is 13.9 Å². The van der Waals surface area contributed by atoms with Gasteiger partial charge < -0.3 is 16.2 Å². The number of hydrogen-bond donors (Lipinski definition) is 2. The molecule has 1 amide bonds. The summed E-state index contributed by atoms with van der Waals surface area (Å²) in [5.41, 5.74) is 11.3. The van der Waals surface area contributed by atoms with E-state index in [2.05, 4.69) is 0 Å². The van der Waals surface area contributed by atoms with Crippen LogP contribution < -0.4 is 16.2 Å². The highest BCUT2D eigenvalue weighted by atomic mass is 32.1. The fourth-order valence-corrected chi connectivity index (χ4v) is 1.68. The number of halogens is 1. The first-order valence-electron chi connectivity index (χ1n) is 5.64. The van der Waals surface area contributed by atoms with Crippen LogP contribution in [-0.2, 0) is 0 Å². The van der Waals surface area contributed by atoms with Gasteiger partial charge in [-0.2, -0.15) is 0 Å². The Balaban J connectivity index is 2.21. The van der Waals surface area contributed by atoms with E-state index in [0.717, 1.165) is 0 Å². The van der Waals surface area contributed by atoms with Gasteiger partial charge in [-0.1, -0.05) is 12.2 Å². The minimum Gasteiger partial charge on any atom is -0.454 e. The predicted octanol–water partition coefficient (Wildman–Crippen LogP) is 2.35. The number of ether oxygens (including phenoxy) is 1. The Morgan fingerprint density at radius 3 is 2.15 bits per heavy atom. The molecule has 0 aliphatic rings. The summed E-state index contributed by atoms with van der Waals surface area (Å²) in [5, 5.41) is 0. The summed E-state index contributed by atoms with van der Waals surface area (Å²) in [6.07, 6.45) is 0. The highest BCUT2D eigenvalue weighted by molar-refractivity contribution is 7.80. The molecule has 4 nitrogen and oxygen atoms in total. The Hall–Kier alpha value is -2.47. The zero-order valence-corrected chi connectivity index (χ0v) is 11.1. The average Bonchev–Trinajstić information content (AvgIpc) is 2.41. The highest BCUT2D eigenvalue weighted by Crippen LogP contribution is 2.25. The fourth-order valence-electron chi connectivity index (χ4n) is 1.55. The van der Waals surface area contributed by atoms with Gasteiger partial charge >= 0.3 is 0 Å². The number of hydrogen-bond acceptors (Lipinski definition) is 3. The number of primary amides is 1. The smallest absolute Gasteiger partial charge is 0.248 e. The van der Waals surface area contributed by atoms with Gasteiger partial charge in [-0.15, -0.1) is 0 Å². The molecule has 0 aliphatic carbocycles. The Kier molecular flexibility index (Phi) is 3.95.